The van der Waals surface area contributed by atoms with E-state index in [2.05, 4.69) is 4.90 Å². The Kier molecular flexibility index (Phi) is 4.50. The van der Waals surface area contributed by atoms with Gasteiger partial charge in [0.2, 0.25) is 11.8 Å². The summed E-state index contributed by atoms with van der Waals surface area (Å²) in [7, 11) is 0. The van der Waals surface area contributed by atoms with Gasteiger partial charge in [0.05, 0.1) is 28.6 Å². The molecule has 3 aliphatic heterocycles. The van der Waals surface area contributed by atoms with Crippen molar-refractivity contribution in [1.82, 2.24) is 4.90 Å². The van der Waals surface area contributed by atoms with E-state index < -0.39 is 17.9 Å². The lowest BCUT2D eigenvalue weighted by molar-refractivity contribution is -0.123. The quantitative estimate of drug-likeness (QED) is 0.550. The highest BCUT2D eigenvalue weighted by Gasteiger charge is 2.64. The van der Waals surface area contributed by atoms with Crippen LogP contribution in [0.2, 0.25) is 10.0 Å². The molecule has 0 aromatic heterocycles. The fourth-order valence-electron chi connectivity index (χ4n) is 5.17. The van der Waals surface area contributed by atoms with Gasteiger partial charge < -0.3 is 0 Å². The van der Waals surface area contributed by atoms with E-state index in [4.69, 9.17) is 23.2 Å². The van der Waals surface area contributed by atoms with E-state index in [0.29, 0.717) is 27.8 Å². The summed E-state index contributed by atoms with van der Waals surface area (Å²) in [5.41, 5.74) is 0.892. The molecule has 0 radical (unpaired) electrons. The predicted molar refractivity (Wildman–Crippen MR) is 110 cm³/mol. The summed E-state index contributed by atoms with van der Waals surface area (Å²) in [6, 6.07) is 12.8. The zero-order valence-corrected chi connectivity index (χ0v) is 16.9. The number of anilines is 1. The number of para-hydroxylation sites is 1. The Morgan fingerprint density at radius 1 is 0.931 bits per heavy atom. The number of nitrogens with zero attached hydrogens (tertiary/aromatic N) is 2. The first kappa shape index (κ1) is 18.8. The SMILES string of the molecule is O=C(c1ccc(Cl)cc1)[C@@H]1[C@@H]2C(=O)N(c3ccccc3Cl)C(=O)[C@H]2[C@@H]2CCCN12. The van der Waals surface area contributed by atoms with Gasteiger partial charge in [-0.2, -0.15) is 0 Å². The molecule has 0 spiro atoms. The highest BCUT2D eigenvalue weighted by atomic mass is 35.5. The Morgan fingerprint density at radius 2 is 1.62 bits per heavy atom. The minimum absolute atomic E-state index is 0.0924. The van der Waals surface area contributed by atoms with Crippen LogP contribution in [-0.4, -0.2) is 41.1 Å². The van der Waals surface area contributed by atoms with Gasteiger partial charge in [0.15, 0.2) is 5.78 Å². The number of imide groups is 1. The molecule has 148 valence electrons. The van der Waals surface area contributed by atoms with Crippen LogP contribution in [-0.2, 0) is 9.59 Å². The van der Waals surface area contributed by atoms with Crippen molar-refractivity contribution in [2.75, 3.05) is 11.4 Å². The third-order valence-corrected chi connectivity index (χ3v) is 6.91. The van der Waals surface area contributed by atoms with Crippen molar-refractivity contribution in [3.05, 3.63) is 64.1 Å². The molecule has 5 nitrogen and oxygen atoms in total. The maximum Gasteiger partial charge on any atom is 0.239 e. The normalized spacial score (nSPS) is 28.7. The number of amides is 2. The van der Waals surface area contributed by atoms with E-state index in [1.807, 2.05) is 0 Å². The lowest BCUT2D eigenvalue weighted by Gasteiger charge is -2.27. The van der Waals surface area contributed by atoms with E-state index in [9.17, 15) is 14.4 Å². The minimum atomic E-state index is -0.688. The Labute approximate surface area is 178 Å². The van der Waals surface area contributed by atoms with Crippen molar-refractivity contribution in [2.24, 2.45) is 11.8 Å². The summed E-state index contributed by atoms with van der Waals surface area (Å²) in [5, 5.41) is 0.889. The van der Waals surface area contributed by atoms with Crippen LogP contribution in [0, 0.1) is 11.8 Å². The fourth-order valence-corrected chi connectivity index (χ4v) is 5.52. The van der Waals surface area contributed by atoms with Crippen molar-refractivity contribution < 1.29 is 14.4 Å². The average molecular weight is 429 g/mol. The summed E-state index contributed by atoms with van der Waals surface area (Å²) in [5.74, 6) is -1.93. The first-order valence-electron chi connectivity index (χ1n) is 9.67. The molecular formula is C22H18Cl2N2O3. The molecule has 2 amide bonds. The monoisotopic (exact) mass is 428 g/mol. The van der Waals surface area contributed by atoms with Crippen LogP contribution in [0.25, 0.3) is 0 Å². The third kappa shape index (κ3) is 2.75. The minimum Gasteiger partial charge on any atom is -0.292 e. The maximum absolute atomic E-state index is 13.4. The number of hydrogen-bond acceptors (Lipinski definition) is 4. The molecule has 2 aromatic rings. The number of fused-ring (bicyclic) bond motifs is 3. The molecule has 4 atom stereocenters. The number of carbonyl (C=O) groups excluding carboxylic acids is 3. The van der Waals surface area contributed by atoms with Gasteiger partial charge in [-0.15, -0.1) is 0 Å². The smallest absolute Gasteiger partial charge is 0.239 e. The molecule has 3 saturated heterocycles. The summed E-state index contributed by atoms with van der Waals surface area (Å²) in [4.78, 5) is 43.4. The molecule has 3 fully saturated rings. The molecule has 3 aliphatic rings. The van der Waals surface area contributed by atoms with Crippen molar-refractivity contribution >= 4 is 46.5 Å². The second kappa shape index (κ2) is 6.94. The summed E-state index contributed by atoms with van der Waals surface area (Å²) < 4.78 is 0. The molecule has 0 bridgehead atoms. The van der Waals surface area contributed by atoms with Crippen LogP contribution in [0.1, 0.15) is 23.2 Å². The summed E-state index contributed by atoms with van der Waals surface area (Å²) in [6.07, 6.45) is 1.72. The van der Waals surface area contributed by atoms with Crippen molar-refractivity contribution in [3.8, 4) is 0 Å². The van der Waals surface area contributed by atoms with Crippen molar-refractivity contribution in [3.63, 3.8) is 0 Å². The number of ketones is 1. The van der Waals surface area contributed by atoms with Crippen molar-refractivity contribution in [1.29, 1.82) is 0 Å². The first-order valence-corrected chi connectivity index (χ1v) is 10.4. The number of benzene rings is 2. The average Bonchev–Trinajstić information content (AvgIpc) is 3.35. The van der Waals surface area contributed by atoms with Gasteiger partial charge in [-0.3, -0.25) is 19.3 Å². The zero-order valence-electron chi connectivity index (χ0n) is 15.4. The van der Waals surface area contributed by atoms with Crippen LogP contribution in [0.15, 0.2) is 48.5 Å². The number of rotatable bonds is 3. The van der Waals surface area contributed by atoms with Gasteiger partial charge in [0, 0.05) is 16.6 Å². The van der Waals surface area contributed by atoms with E-state index in [1.54, 1.807) is 48.5 Å². The predicted octanol–water partition coefficient (Wildman–Crippen LogP) is 3.83. The topological polar surface area (TPSA) is 57.7 Å². The lowest BCUT2D eigenvalue weighted by atomic mass is 9.85. The Hall–Kier alpha value is -2.21. The lowest BCUT2D eigenvalue weighted by Crippen LogP contribution is -2.46. The maximum atomic E-state index is 13.4. The molecule has 29 heavy (non-hydrogen) atoms. The number of carbonyl (C=O) groups is 3. The molecule has 5 rings (SSSR count). The third-order valence-electron chi connectivity index (χ3n) is 6.34. The van der Waals surface area contributed by atoms with Gasteiger partial charge in [-0.25, -0.2) is 4.90 Å². The molecular weight excluding hydrogens is 411 g/mol. The summed E-state index contributed by atoms with van der Waals surface area (Å²) >= 11 is 12.2. The van der Waals surface area contributed by atoms with E-state index in [0.717, 1.165) is 12.8 Å². The van der Waals surface area contributed by atoms with Crippen LogP contribution in [0.3, 0.4) is 0 Å². The van der Waals surface area contributed by atoms with Gasteiger partial charge >= 0.3 is 0 Å². The highest BCUT2D eigenvalue weighted by Crippen LogP contribution is 2.49. The molecule has 0 N–H and O–H groups in total. The molecule has 2 aromatic carbocycles. The number of hydrogen-bond donors (Lipinski definition) is 0. The molecule has 7 heteroatoms. The molecule has 3 heterocycles. The van der Waals surface area contributed by atoms with Crippen molar-refractivity contribution in [2.45, 2.75) is 24.9 Å². The van der Waals surface area contributed by atoms with Gasteiger partial charge in [0.25, 0.3) is 0 Å². The van der Waals surface area contributed by atoms with Gasteiger partial charge in [0.1, 0.15) is 0 Å². The van der Waals surface area contributed by atoms with Crippen LogP contribution in [0.4, 0.5) is 5.69 Å². The summed E-state index contributed by atoms with van der Waals surface area (Å²) in [6.45, 7) is 0.717. The van der Waals surface area contributed by atoms with E-state index in [-0.39, 0.29) is 23.6 Å². The standard InChI is InChI=1S/C22H18Cl2N2O3/c23-13-9-7-12(8-10-13)20(27)19-18-17(16-6-3-11-25(16)19)21(28)26(22(18)29)15-5-2-1-4-14(15)24/h1-2,4-5,7-10,16-19H,3,6,11H2/t16-,17-,18+,19-/m0/s1. The molecule has 0 unspecified atom stereocenters. The molecule has 0 aliphatic carbocycles. The first-order chi connectivity index (χ1) is 14.0. The largest absolute Gasteiger partial charge is 0.292 e. The highest BCUT2D eigenvalue weighted by molar-refractivity contribution is 6.36. The second-order valence-corrected chi connectivity index (χ2v) is 8.62. The van der Waals surface area contributed by atoms with E-state index in [1.165, 1.54) is 4.90 Å². The Bertz CT molecular complexity index is 1020. The van der Waals surface area contributed by atoms with Crippen LogP contribution in [0.5, 0.6) is 0 Å². The molecule has 0 saturated carbocycles. The second-order valence-electron chi connectivity index (χ2n) is 7.78. The van der Waals surface area contributed by atoms with Gasteiger partial charge in [-0.1, -0.05) is 35.3 Å². The van der Waals surface area contributed by atoms with Crippen LogP contribution >= 0.6 is 23.2 Å². The Balaban J connectivity index is 1.56. The fraction of sp³-hybridized carbons (Fsp3) is 0.318. The van der Waals surface area contributed by atoms with E-state index >= 15 is 0 Å². The number of Topliss-reactive ketones (excluding diaryl/α,β-unsaturated/α-hetero) is 1. The Morgan fingerprint density at radius 3 is 2.34 bits per heavy atom. The van der Waals surface area contributed by atoms with Gasteiger partial charge in [-0.05, 0) is 55.8 Å². The number of halogens is 2. The van der Waals surface area contributed by atoms with Crippen LogP contribution < -0.4 is 4.90 Å². The zero-order chi connectivity index (χ0) is 20.3.